The molecule has 2 heterocycles. The van der Waals surface area contributed by atoms with Gasteiger partial charge in [0, 0.05) is 0 Å². The number of nitrogens with zero attached hydrogens (tertiary/aromatic N) is 6. The Hall–Kier alpha value is -5.93. The van der Waals surface area contributed by atoms with E-state index in [0.29, 0.717) is 32.2 Å². The summed E-state index contributed by atoms with van der Waals surface area (Å²) in [5.41, 5.74) is -3.66. The fourth-order valence-electron chi connectivity index (χ4n) is 6.33. The van der Waals surface area contributed by atoms with E-state index in [1.165, 1.54) is 25.1 Å². The van der Waals surface area contributed by atoms with Crippen molar-refractivity contribution < 1.29 is 39.5 Å². The van der Waals surface area contributed by atoms with Crippen molar-refractivity contribution >= 4 is 81.5 Å². The summed E-state index contributed by atoms with van der Waals surface area (Å²) >= 11 is -1.82. The van der Waals surface area contributed by atoms with E-state index in [-0.39, 0.29) is 57.3 Å². The summed E-state index contributed by atoms with van der Waals surface area (Å²) in [5, 5.41) is 20.3. The van der Waals surface area contributed by atoms with Crippen LogP contribution in [-0.2, 0) is 18.5 Å². The van der Waals surface area contributed by atoms with Crippen LogP contribution in [0.15, 0.2) is 60.7 Å². The molecular formula is C38H13F9N6Se2. The molecule has 6 nitrogen and oxygen atoms in total. The Labute approximate surface area is 314 Å². The van der Waals surface area contributed by atoms with Gasteiger partial charge in [-0.3, -0.25) is 0 Å². The van der Waals surface area contributed by atoms with Crippen LogP contribution in [0.4, 0.5) is 39.5 Å². The number of benzene rings is 5. The summed E-state index contributed by atoms with van der Waals surface area (Å²) in [6.07, 6.45) is -15.0. The molecule has 0 atom stereocenters. The van der Waals surface area contributed by atoms with E-state index in [4.69, 9.17) is 13.1 Å². The van der Waals surface area contributed by atoms with Crippen LogP contribution in [0.2, 0.25) is 0 Å². The first kappa shape index (κ1) is 37.4. The molecule has 2 aromatic heterocycles. The SMILES string of the molecule is [C-]#[N+]C([N+]#[C-])=c1nc2cc3cc4c(-c5ccc(C(F)(F)F)cc5C)c5[se]c(=C(C#N)C#N)nc5cc4cc3c(-c3ccc(C(F)(F)F)cc3C(F)(F)F)c2[se]1. The number of halogens is 9. The Morgan fingerprint density at radius 3 is 1.58 bits per heavy atom. The molecule has 7 aromatic rings. The fourth-order valence-corrected chi connectivity index (χ4v) is 10.8. The van der Waals surface area contributed by atoms with Gasteiger partial charge in [-0.2, -0.15) is 0 Å². The maximum absolute atomic E-state index is 14.7. The Bertz CT molecular complexity index is 3090. The summed E-state index contributed by atoms with van der Waals surface area (Å²) in [6, 6.07) is 14.2. The van der Waals surface area contributed by atoms with Crippen LogP contribution in [0.25, 0.3) is 84.4 Å². The predicted molar refractivity (Wildman–Crippen MR) is 187 cm³/mol. The zero-order valence-electron chi connectivity index (χ0n) is 27.2. The van der Waals surface area contributed by atoms with Gasteiger partial charge in [-0.25, -0.2) is 0 Å². The van der Waals surface area contributed by atoms with Gasteiger partial charge in [0.1, 0.15) is 0 Å². The van der Waals surface area contributed by atoms with Gasteiger partial charge in [-0.15, -0.1) is 0 Å². The molecule has 55 heavy (non-hydrogen) atoms. The van der Waals surface area contributed by atoms with Crippen LogP contribution in [0, 0.1) is 42.7 Å². The van der Waals surface area contributed by atoms with Crippen molar-refractivity contribution in [3.05, 3.63) is 114 Å². The maximum atomic E-state index is 14.7. The number of hydrogen-bond donors (Lipinski definition) is 0. The van der Waals surface area contributed by atoms with Crippen LogP contribution < -0.4 is 8.45 Å². The molecule has 0 amide bonds. The molecule has 7 rings (SSSR count). The Kier molecular flexibility index (Phi) is 8.92. The first-order valence-electron chi connectivity index (χ1n) is 15.3. The van der Waals surface area contributed by atoms with E-state index in [1.54, 1.807) is 24.3 Å². The third-order valence-electron chi connectivity index (χ3n) is 8.69. The van der Waals surface area contributed by atoms with E-state index >= 15 is 0 Å². The Balaban J connectivity index is 1.70. The summed E-state index contributed by atoms with van der Waals surface area (Å²) in [5.74, 6) is -0.418. The van der Waals surface area contributed by atoms with Gasteiger partial charge in [-0.1, -0.05) is 0 Å². The summed E-state index contributed by atoms with van der Waals surface area (Å²) in [6.45, 7) is 16.3. The van der Waals surface area contributed by atoms with E-state index in [9.17, 15) is 50.0 Å². The molecule has 5 aromatic carbocycles. The summed E-state index contributed by atoms with van der Waals surface area (Å²) in [4.78, 5) is 15.3. The zero-order valence-corrected chi connectivity index (χ0v) is 30.6. The van der Waals surface area contributed by atoms with Crippen LogP contribution in [0.3, 0.4) is 0 Å². The third-order valence-corrected chi connectivity index (χ3v) is 13.3. The van der Waals surface area contributed by atoms with Crippen LogP contribution >= 0.6 is 0 Å². The van der Waals surface area contributed by atoms with E-state index < -0.39 is 75.6 Å². The zero-order chi connectivity index (χ0) is 39.8. The molecule has 0 unspecified atom stereocenters. The molecule has 0 fully saturated rings. The number of aromatic nitrogens is 2. The van der Waals surface area contributed by atoms with E-state index in [2.05, 4.69) is 19.7 Å². The fraction of sp³-hybridized carbons (Fsp3) is 0.105. The number of alkyl halides is 9. The summed E-state index contributed by atoms with van der Waals surface area (Å²) in [7, 11) is 0. The van der Waals surface area contributed by atoms with Crippen molar-refractivity contribution in [2.75, 3.05) is 0 Å². The van der Waals surface area contributed by atoms with Gasteiger partial charge < -0.3 is 0 Å². The van der Waals surface area contributed by atoms with Crippen molar-refractivity contribution in [2.45, 2.75) is 25.5 Å². The Morgan fingerprint density at radius 2 is 1.11 bits per heavy atom. The molecule has 0 saturated heterocycles. The minimum atomic E-state index is -5.26. The number of aryl methyl sites for hydroxylation is 1. The molecule has 0 N–H and O–H groups in total. The first-order valence-corrected chi connectivity index (χ1v) is 18.7. The van der Waals surface area contributed by atoms with Gasteiger partial charge >= 0.3 is 316 Å². The molecule has 0 radical (unpaired) electrons. The van der Waals surface area contributed by atoms with Gasteiger partial charge in [-0.05, 0) is 0 Å². The number of hydrogen-bond acceptors (Lipinski definition) is 4. The molecule has 0 bridgehead atoms. The predicted octanol–water partition coefficient (Wildman–Crippen LogP) is 9.00. The van der Waals surface area contributed by atoms with Gasteiger partial charge in [0.2, 0.25) is 0 Å². The molecule has 0 aliphatic heterocycles. The first-order chi connectivity index (χ1) is 25.9. The molecule has 0 spiro atoms. The van der Waals surface area contributed by atoms with Gasteiger partial charge in [0.05, 0.1) is 0 Å². The minimum absolute atomic E-state index is 0.0146. The average molecular weight is 882 g/mol. The second kappa shape index (κ2) is 13.1. The Morgan fingerprint density at radius 1 is 0.636 bits per heavy atom. The second-order valence-corrected chi connectivity index (χ2v) is 16.2. The average Bonchev–Trinajstić information content (AvgIpc) is 3.73. The molecule has 0 aliphatic rings. The monoisotopic (exact) mass is 884 g/mol. The van der Waals surface area contributed by atoms with Crippen molar-refractivity contribution in [1.82, 2.24) is 9.97 Å². The number of nitriles is 2. The third kappa shape index (κ3) is 6.42. The topological polar surface area (TPSA) is 82.1 Å². The number of rotatable bonds is 2. The van der Waals surface area contributed by atoms with Crippen LogP contribution in [-0.4, -0.2) is 39.0 Å². The summed E-state index contributed by atoms with van der Waals surface area (Å²) < 4.78 is 127. The van der Waals surface area contributed by atoms with E-state index in [1.807, 2.05) is 0 Å². The van der Waals surface area contributed by atoms with Crippen molar-refractivity contribution in [3.63, 3.8) is 0 Å². The van der Waals surface area contributed by atoms with E-state index in [0.717, 1.165) is 18.2 Å². The van der Waals surface area contributed by atoms with Crippen LogP contribution in [0.1, 0.15) is 22.3 Å². The normalized spacial score (nSPS) is 12.1. The molecule has 0 saturated carbocycles. The van der Waals surface area contributed by atoms with Crippen molar-refractivity contribution in [3.8, 4) is 34.4 Å². The number of fused-ring (bicyclic) bond motifs is 4. The quantitative estimate of drug-likeness (QED) is 0.0752. The molecule has 17 heteroatoms. The van der Waals surface area contributed by atoms with Gasteiger partial charge in [0.15, 0.2) is 0 Å². The molecule has 0 aliphatic carbocycles. The van der Waals surface area contributed by atoms with Crippen molar-refractivity contribution in [2.24, 2.45) is 0 Å². The van der Waals surface area contributed by atoms with Crippen molar-refractivity contribution in [1.29, 1.82) is 10.5 Å². The standard InChI is InChI=1S/C38H13F9N6Se2/c1-16-8-20(36(39,40)41)4-6-22(16)29-24-9-18-12-28-32(55-35(53-28)33(50-2)51-3)30(23-7-5-21(37(42,43)44)13-26(23)38(45,46)47)25(18)10-17(24)11-27-31(29)54-34(52-27)19(14-48)15-49/h4-13H,1H3. The van der Waals surface area contributed by atoms with Gasteiger partial charge in [0.25, 0.3) is 0 Å². The molecular weight excluding hydrogens is 869 g/mol. The second-order valence-electron chi connectivity index (χ2n) is 12.0. The molecule has 270 valence electrons. The van der Waals surface area contributed by atoms with Crippen LogP contribution in [0.5, 0.6) is 0 Å².